The fourth-order valence-electron chi connectivity index (χ4n) is 2.57. The van der Waals surface area contributed by atoms with Crippen LogP contribution in [0.4, 0.5) is 5.69 Å². The second-order valence-electron chi connectivity index (χ2n) is 6.08. The van der Waals surface area contributed by atoms with Crippen LogP contribution in [0, 0.1) is 6.92 Å². The van der Waals surface area contributed by atoms with Crippen molar-refractivity contribution in [3.05, 3.63) is 47.9 Å². The molecule has 0 saturated heterocycles. The number of furan rings is 1. The normalized spacial score (nSPS) is 12.6. The lowest BCUT2D eigenvalue weighted by Gasteiger charge is -2.20. The molecule has 0 bridgehead atoms. The minimum atomic E-state index is -3.67. The second kappa shape index (κ2) is 9.03. The molecule has 2 aromatic rings. The maximum Gasteiger partial charge on any atom is 0.374 e. The summed E-state index contributed by atoms with van der Waals surface area (Å²) in [6, 6.07) is 7.58. The highest BCUT2D eigenvalue weighted by Gasteiger charge is 2.25. The summed E-state index contributed by atoms with van der Waals surface area (Å²) in [4.78, 5) is 24.3. The predicted molar refractivity (Wildman–Crippen MR) is 104 cm³/mol. The molecule has 0 aliphatic heterocycles. The number of ether oxygens (including phenoxy) is 1. The minimum Gasteiger partial charge on any atom is -0.457 e. The van der Waals surface area contributed by atoms with E-state index in [0.717, 1.165) is 0 Å². The predicted octanol–water partition coefficient (Wildman–Crippen LogP) is 2.80. The fourth-order valence-corrected chi connectivity index (χ4v) is 4.28. The van der Waals surface area contributed by atoms with Crippen LogP contribution in [0.25, 0.3) is 0 Å². The number of nitrogens with zero attached hydrogens (tertiary/aromatic N) is 1. The molecule has 9 heteroatoms. The number of rotatable bonds is 8. The summed E-state index contributed by atoms with van der Waals surface area (Å²) >= 11 is 0. The number of anilines is 1. The Balaban J connectivity index is 2.16. The topological polar surface area (TPSA) is 106 Å². The first kappa shape index (κ1) is 21.6. The number of hydrogen-bond donors (Lipinski definition) is 1. The molecule has 1 N–H and O–H groups in total. The molecule has 152 valence electrons. The van der Waals surface area contributed by atoms with Crippen molar-refractivity contribution >= 4 is 27.6 Å². The highest BCUT2D eigenvalue weighted by molar-refractivity contribution is 7.89. The Kier molecular flexibility index (Phi) is 6.98. The van der Waals surface area contributed by atoms with Crippen LogP contribution in [-0.2, 0) is 19.6 Å². The quantitative estimate of drug-likeness (QED) is 0.673. The zero-order valence-corrected chi connectivity index (χ0v) is 17.1. The van der Waals surface area contributed by atoms with Crippen LogP contribution >= 0.6 is 0 Å². The molecule has 2 rings (SSSR count). The summed E-state index contributed by atoms with van der Waals surface area (Å²) in [5, 5.41) is 2.58. The van der Waals surface area contributed by atoms with Crippen LogP contribution < -0.4 is 5.32 Å². The van der Waals surface area contributed by atoms with Gasteiger partial charge in [0.05, 0.1) is 11.2 Å². The van der Waals surface area contributed by atoms with Gasteiger partial charge in [0, 0.05) is 18.8 Å². The molecule has 0 unspecified atom stereocenters. The Bertz CT molecular complexity index is 933. The van der Waals surface area contributed by atoms with E-state index in [2.05, 4.69) is 5.32 Å². The lowest BCUT2D eigenvalue weighted by atomic mass is 10.2. The van der Waals surface area contributed by atoms with Crippen molar-refractivity contribution in [2.24, 2.45) is 0 Å². The van der Waals surface area contributed by atoms with Crippen molar-refractivity contribution in [3.8, 4) is 0 Å². The van der Waals surface area contributed by atoms with Gasteiger partial charge in [-0.3, -0.25) is 4.79 Å². The Morgan fingerprint density at radius 1 is 1.21 bits per heavy atom. The molecule has 0 fully saturated rings. The average Bonchev–Trinajstić information content (AvgIpc) is 3.18. The molecule has 0 aliphatic rings. The van der Waals surface area contributed by atoms with Gasteiger partial charge in [0.25, 0.3) is 5.91 Å². The van der Waals surface area contributed by atoms with Gasteiger partial charge in [0.2, 0.25) is 15.8 Å². The van der Waals surface area contributed by atoms with E-state index >= 15 is 0 Å². The summed E-state index contributed by atoms with van der Waals surface area (Å²) in [7, 11) is -3.67. The van der Waals surface area contributed by atoms with E-state index in [1.807, 2.05) is 0 Å². The Hall–Kier alpha value is -2.65. The Morgan fingerprint density at radius 3 is 2.46 bits per heavy atom. The molecule has 1 atom stereocenters. The fraction of sp³-hybridized carbons (Fsp3) is 0.368. The van der Waals surface area contributed by atoms with Gasteiger partial charge in [-0.1, -0.05) is 19.9 Å². The molecule has 0 radical (unpaired) electrons. The number of esters is 1. The number of carbonyl (C=O) groups excluding carboxylic acids is 2. The Morgan fingerprint density at radius 2 is 1.89 bits per heavy atom. The van der Waals surface area contributed by atoms with Gasteiger partial charge in [-0.15, -0.1) is 0 Å². The summed E-state index contributed by atoms with van der Waals surface area (Å²) in [6.07, 6.45) is 0.229. The number of sulfonamides is 1. The van der Waals surface area contributed by atoms with Crippen LogP contribution in [0.1, 0.15) is 36.9 Å². The van der Waals surface area contributed by atoms with Crippen molar-refractivity contribution in [3.63, 3.8) is 0 Å². The van der Waals surface area contributed by atoms with Gasteiger partial charge in [-0.2, -0.15) is 4.31 Å². The molecular formula is C19H24N2O6S. The zero-order valence-electron chi connectivity index (χ0n) is 16.3. The highest BCUT2D eigenvalue weighted by Crippen LogP contribution is 2.24. The SMILES string of the molecule is CCN(CC)S(=O)(=O)c1cc(NC(=O)[C@H](C)OC(=O)c2ccco2)ccc1C. The van der Waals surface area contributed by atoms with Crippen molar-refractivity contribution in [2.75, 3.05) is 18.4 Å². The number of carbonyl (C=O) groups is 2. The number of amides is 1. The van der Waals surface area contributed by atoms with E-state index in [1.165, 1.54) is 35.7 Å². The van der Waals surface area contributed by atoms with Gasteiger partial charge in [0.15, 0.2) is 6.10 Å². The summed E-state index contributed by atoms with van der Waals surface area (Å²) in [5.74, 6) is -1.36. The number of nitrogens with one attached hydrogen (secondary N) is 1. The third kappa shape index (κ3) is 4.79. The molecule has 1 aromatic carbocycles. The van der Waals surface area contributed by atoms with Crippen molar-refractivity contribution in [1.29, 1.82) is 0 Å². The van der Waals surface area contributed by atoms with E-state index in [4.69, 9.17) is 9.15 Å². The zero-order chi connectivity index (χ0) is 20.9. The van der Waals surface area contributed by atoms with E-state index in [0.29, 0.717) is 24.3 Å². The second-order valence-corrected chi connectivity index (χ2v) is 7.99. The molecule has 0 spiro atoms. The highest BCUT2D eigenvalue weighted by atomic mass is 32.2. The largest absolute Gasteiger partial charge is 0.457 e. The van der Waals surface area contributed by atoms with Crippen LogP contribution in [0.2, 0.25) is 0 Å². The summed E-state index contributed by atoms with van der Waals surface area (Å²) < 4.78 is 36.9. The van der Waals surface area contributed by atoms with Crippen molar-refractivity contribution in [1.82, 2.24) is 4.31 Å². The lowest BCUT2D eigenvalue weighted by molar-refractivity contribution is -0.123. The van der Waals surface area contributed by atoms with Crippen LogP contribution in [0.3, 0.4) is 0 Å². The van der Waals surface area contributed by atoms with Gasteiger partial charge < -0.3 is 14.5 Å². The molecule has 1 amide bonds. The number of benzene rings is 1. The monoisotopic (exact) mass is 408 g/mol. The van der Waals surface area contributed by atoms with E-state index in [9.17, 15) is 18.0 Å². The standard InChI is InChI=1S/C19H24N2O6S/c1-5-21(6-2)28(24,25)17-12-15(10-9-13(17)3)20-18(22)14(4)27-19(23)16-8-7-11-26-16/h7-12,14H,5-6H2,1-4H3,(H,20,22)/t14-/m0/s1. The van der Waals surface area contributed by atoms with Crippen LogP contribution in [-0.4, -0.2) is 43.8 Å². The van der Waals surface area contributed by atoms with Gasteiger partial charge in [-0.05, 0) is 43.7 Å². The van der Waals surface area contributed by atoms with Crippen molar-refractivity contribution < 1.29 is 27.2 Å². The molecule has 1 heterocycles. The van der Waals surface area contributed by atoms with Gasteiger partial charge in [-0.25, -0.2) is 13.2 Å². The van der Waals surface area contributed by atoms with E-state index in [-0.39, 0.29) is 10.7 Å². The van der Waals surface area contributed by atoms with Crippen LogP contribution in [0.15, 0.2) is 45.9 Å². The third-order valence-electron chi connectivity index (χ3n) is 4.15. The molecule has 0 saturated carbocycles. The smallest absolute Gasteiger partial charge is 0.374 e. The molecule has 1 aromatic heterocycles. The van der Waals surface area contributed by atoms with Crippen molar-refractivity contribution in [2.45, 2.75) is 38.7 Å². The molecule has 28 heavy (non-hydrogen) atoms. The molecule has 0 aliphatic carbocycles. The van der Waals surface area contributed by atoms with Crippen LogP contribution in [0.5, 0.6) is 0 Å². The first-order valence-corrected chi connectivity index (χ1v) is 10.3. The maximum absolute atomic E-state index is 12.8. The number of hydrogen-bond acceptors (Lipinski definition) is 6. The van der Waals surface area contributed by atoms with E-state index in [1.54, 1.807) is 32.9 Å². The molecular weight excluding hydrogens is 384 g/mol. The third-order valence-corrected chi connectivity index (χ3v) is 6.35. The lowest BCUT2D eigenvalue weighted by Crippen LogP contribution is -2.32. The van der Waals surface area contributed by atoms with Gasteiger partial charge >= 0.3 is 5.97 Å². The Labute approximate surface area is 164 Å². The summed E-state index contributed by atoms with van der Waals surface area (Å²) in [6.45, 7) is 7.31. The summed E-state index contributed by atoms with van der Waals surface area (Å²) in [5.41, 5.74) is 0.865. The molecule has 8 nitrogen and oxygen atoms in total. The first-order valence-electron chi connectivity index (χ1n) is 8.86. The first-order chi connectivity index (χ1) is 13.2. The minimum absolute atomic E-state index is 0.0115. The number of aryl methyl sites for hydroxylation is 1. The van der Waals surface area contributed by atoms with E-state index < -0.39 is 28.0 Å². The maximum atomic E-state index is 12.8. The van der Waals surface area contributed by atoms with Gasteiger partial charge in [0.1, 0.15) is 0 Å². The average molecular weight is 408 g/mol.